The van der Waals surface area contributed by atoms with Gasteiger partial charge in [-0.15, -0.1) is 0 Å². The number of hydrogen-bond acceptors (Lipinski definition) is 4. The predicted molar refractivity (Wildman–Crippen MR) is 101 cm³/mol. The van der Waals surface area contributed by atoms with Crippen LogP contribution >= 0.6 is 0 Å². The van der Waals surface area contributed by atoms with E-state index in [2.05, 4.69) is 0 Å². The standard InChI is InChI=1S/C21H23NO5/c1-2-12-22-16-8-4-6-10-18(16)27-19(21(22)25)11-13-26-17-9-5-3-7-15(17)14-20(23)24/h3-10,19H,2,11-14H2,1H3,(H,23,24). The van der Waals surface area contributed by atoms with Crippen LogP contribution in [0.15, 0.2) is 48.5 Å². The Bertz CT molecular complexity index is 820. The van der Waals surface area contributed by atoms with Gasteiger partial charge in [0.2, 0.25) is 0 Å². The van der Waals surface area contributed by atoms with Gasteiger partial charge >= 0.3 is 5.97 Å². The molecule has 6 nitrogen and oxygen atoms in total. The third-order valence-corrected chi connectivity index (χ3v) is 4.37. The molecule has 2 aromatic rings. The van der Waals surface area contributed by atoms with Crippen LogP contribution in [-0.2, 0) is 16.0 Å². The van der Waals surface area contributed by atoms with Gasteiger partial charge in [0.15, 0.2) is 6.10 Å². The highest BCUT2D eigenvalue weighted by atomic mass is 16.5. The number of anilines is 1. The van der Waals surface area contributed by atoms with Crippen LogP contribution in [0.3, 0.4) is 0 Å². The summed E-state index contributed by atoms with van der Waals surface area (Å²) in [4.78, 5) is 25.5. The van der Waals surface area contributed by atoms with E-state index >= 15 is 0 Å². The topological polar surface area (TPSA) is 76.1 Å². The Morgan fingerprint density at radius 2 is 1.93 bits per heavy atom. The Kier molecular flexibility index (Phi) is 5.96. The quantitative estimate of drug-likeness (QED) is 0.773. The van der Waals surface area contributed by atoms with E-state index in [0.29, 0.717) is 30.0 Å². The lowest BCUT2D eigenvalue weighted by molar-refractivity contribution is -0.136. The zero-order chi connectivity index (χ0) is 19.2. The molecule has 1 aliphatic rings. The molecule has 1 N–H and O–H groups in total. The fourth-order valence-corrected chi connectivity index (χ4v) is 3.14. The Morgan fingerprint density at radius 1 is 1.19 bits per heavy atom. The van der Waals surface area contributed by atoms with Crippen LogP contribution in [-0.4, -0.2) is 36.2 Å². The minimum absolute atomic E-state index is 0.0713. The molecule has 1 unspecified atom stereocenters. The number of carboxylic acid groups (broad SMARTS) is 1. The Morgan fingerprint density at radius 3 is 2.70 bits per heavy atom. The molecule has 0 saturated heterocycles. The zero-order valence-electron chi connectivity index (χ0n) is 15.3. The van der Waals surface area contributed by atoms with Gasteiger partial charge in [-0.3, -0.25) is 9.59 Å². The Balaban J connectivity index is 1.67. The van der Waals surface area contributed by atoms with E-state index in [-0.39, 0.29) is 18.9 Å². The van der Waals surface area contributed by atoms with E-state index in [1.807, 2.05) is 31.2 Å². The molecule has 3 rings (SSSR count). The smallest absolute Gasteiger partial charge is 0.307 e. The fourth-order valence-electron chi connectivity index (χ4n) is 3.14. The summed E-state index contributed by atoms with van der Waals surface area (Å²) < 4.78 is 11.6. The second kappa shape index (κ2) is 8.58. The van der Waals surface area contributed by atoms with Gasteiger partial charge in [0.05, 0.1) is 18.7 Å². The molecule has 0 aromatic heterocycles. The largest absolute Gasteiger partial charge is 0.493 e. The average Bonchev–Trinajstić information content (AvgIpc) is 2.66. The molecule has 0 radical (unpaired) electrons. The summed E-state index contributed by atoms with van der Waals surface area (Å²) >= 11 is 0. The molecule has 1 amide bonds. The molecule has 2 aromatic carbocycles. The number of fused-ring (bicyclic) bond motifs is 1. The predicted octanol–water partition coefficient (Wildman–Crippen LogP) is 3.29. The van der Waals surface area contributed by atoms with Gasteiger partial charge in [-0.25, -0.2) is 0 Å². The normalized spacial score (nSPS) is 15.8. The Hall–Kier alpha value is -3.02. The number of amides is 1. The van der Waals surface area contributed by atoms with Crippen molar-refractivity contribution in [3.63, 3.8) is 0 Å². The monoisotopic (exact) mass is 369 g/mol. The second-order valence-electron chi connectivity index (χ2n) is 6.38. The number of hydrogen-bond donors (Lipinski definition) is 1. The summed E-state index contributed by atoms with van der Waals surface area (Å²) in [5.74, 6) is 0.234. The summed E-state index contributed by atoms with van der Waals surface area (Å²) in [6, 6.07) is 14.6. The van der Waals surface area contributed by atoms with Crippen molar-refractivity contribution in [1.29, 1.82) is 0 Å². The highest BCUT2D eigenvalue weighted by Gasteiger charge is 2.33. The molecule has 0 aliphatic carbocycles. The van der Waals surface area contributed by atoms with Gasteiger partial charge in [-0.1, -0.05) is 37.3 Å². The van der Waals surface area contributed by atoms with E-state index in [4.69, 9.17) is 14.6 Å². The molecule has 0 spiro atoms. The van der Waals surface area contributed by atoms with Gasteiger partial charge in [-0.2, -0.15) is 0 Å². The maximum atomic E-state index is 12.8. The van der Waals surface area contributed by atoms with Gasteiger partial charge in [0.1, 0.15) is 11.5 Å². The third-order valence-electron chi connectivity index (χ3n) is 4.37. The van der Waals surface area contributed by atoms with Crippen LogP contribution in [0.4, 0.5) is 5.69 Å². The summed E-state index contributed by atoms with van der Waals surface area (Å²) in [6.07, 6.45) is 0.519. The molecule has 0 fully saturated rings. The minimum Gasteiger partial charge on any atom is -0.493 e. The molecule has 0 bridgehead atoms. The van der Waals surface area contributed by atoms with E-state index in [1.54, 1.807) is 29.2 Å². The van der Waals surface area contributed by atoms with Crippen LogP contribution in [0.2, 0.25) is 0 Å². The number of carbonyl (C=O) groups excluding carboxylic acids is 1. The van der Waals surface area contributed by atoms with Gasteiger partial charge in [0, 0.05) is 18.5 Å². The van der Waals surface area contributed by atoms with Crippen molar-refractivity contribution < 1.29 is 24.2 Å². The number of aliphatic carboxylic acids is 1. The van der Waals surface area contributed by atoms with Crippen molar-refractivity contribution in [3.8, 4) is 11.5 Å². The van der Waals surface area contributed by atoms with Crippen molar-refractivity contribution in [2.45, 2.75) is 32.3 Å². The number of ether oxygens (including phenoxy) is 2. The summed E-state index contributed by atoms with van der Waals surface area (Å²) in [6.45, 7) is 2.93. The van der Waals surface area contributed by atoms with Crippen LogP contribution in [0.5, 0.6) is 11.5 Å². The van der Waals surface area contributed by atoms with Gasteiger partial charge in [0.25, 0.3) is 5.91 Å². The summed E-state index contributed by atoms with van der Waals surface area (Å²) in [7, 11) is 0. The first-order chi connectivity index (χ1) is 13.1. The number of para-hydroxylation sites is 3. The van der Waals surface area contributed by atoms with Crippen molar-refractivity contribution in [1.82, 2.24) is 0 Å². The first kappa shape index (κ1) is 18.8. The molecule has 6 heteroatoms. The maximum absolute atomic E-state index is 12.8. The number of benzene rings is 2. The average molecular weight is 369 g/mol. The molecule has 142 valence electrons. The molecule has 0 saturated carbocycles. The van der Waals surface area contributed by atoms with E-state index in [9.17, 15) is 9.59 Å². The van der Waals surface area contributed by atoms with Crippen molar-refractivity contribution in [2.75, 3.05) is 18.1 Å². The van der Waals surface area contributed by atoms with Crippen LogP contribution < -0.4 is 14.4 Å². The van der Waals surface area contributed by atoms with Crippen molar-refractivity contribution >= 4 is 17.6 Å². The van der Waals surface area contributed by atoms with E-state index < -0.39 is 12.1 Å². The molecule has 1 aliphatic heterocycles. The first-order valence-corrected chi connectivity index (χ1v) is 9.09. The lowest BCUT2D eigenvalue weighted by Crippen LogP contribution is -2.46. The van der Waals surface area contributed by atoms with Crippen LogP contribution in [0.25, 0.3) is 0 Å². The minimum atomic E-state index is -0.913. The highest BCUT2D eigenvalue weighted by molar-refractivity contribution is 6.00. The first-order valence-electron chi connectivity index (χ1n) is 9.09. The molecule has 27 heavy (non-hydrogen) atoms. The van der Waals surface area contributed by atoms with Crippen LogP contribution in [0.1, 0.15) is 25.3 Å². The number of rotatable bonds is 8. The molecular weight excluding hydrogens is 346 g/mol. The van der Waals surface area contributed by atoms with Crippen molar-refractivity contribution in [2.24, 2.45) is 0 Å². The van der Waals surface area contributed by atoms with Gasteiger partial charge in [-0.05, 0) is 24.6 Å². The summed E-state index contributed by atoms with van der Waals surface area (Å²) in [5, 5.41) is 9.00. The Labute approximate surface area is 158 Å². The lowest BCUT2D eigenvalue weighted by Gasteiger charge is -2.34. The SMILES string of the molecule is CCCN1C(=O)C(CCOc2ccccc2CC(=O)O)Oc2ccccc21. The van der Waals surface area contributed by atoms with Crippen molar-refractivity contribution in [3.05, 3.63) is 54.1 Å². The van der Waals surface area contributed by atoms with Crippen LogP contribution in [0, 0.1) is 0 Å². The van der Waals surface area contributed by atoms with E-state index in [0.717, 1.165) is 12.1 Å². The molecule has 1 heterocycles. The number of carbonyl (C=O) groups is 2. The molecule has 1 atom stereocenters. The fraction of sp³-hybridized carbons (Fsp3) is 0.333. The second-order valence-corrected chi connectivity index (χ2v) is 6.38. The lowest BCUT2D eigenvalue weighted by atomic mass is 10.1. The van der Waals surface area contributed by atoms with E-state index in [1.165, 1.54) is 0 Å². The maximum Gasteiger partial charge on any atom is 0.307 e. The molecular formula is C21H23NO5. The number of nitrogens with zero attached hydrogens (tertiary/aromatic N) is 1. The third kappa shape index (κ3) is 4.39. The van der Waals surface area contributed by atoms with Gasteiger partial charge < -0.3 is 19.5 Å². The summed E-state index contributed by atoms with van der Waals surface area (Å²) in [5.41, 5.74) is 1.41. The zero-order valence-corrected chi connectivity index (χ0v) is 15.3. The highest BCUT2D eigenvalue weighted by Crippen LogP contribution is 2.34. The number of carboxylic acids is 1.